The largest absolute Gasteiger partial charge is 2.00 e. The minimum absolute atomic E-state index is 0. The summed E-state index contributed by atoms with van der Waals surface area (Å²) in [6.45, 7) is 0. The topological polar surface area (TPSA) is 62.3 Å². The van der Waals surface area contributed by atoms with E-state index in [1.807, 2.05) is 12.1 Å². The first kappa shape index (κ1) is 11.5. The second-order valence-electron chi connectivity index (χ2n) is 3.37. The molecule has 2 aromatic rings. The van der Waals surface area contributed by atoms with Gasteiger partial charge in [0.15, 0.2) is 0 Å². The molecular weight excluding hydrogens is 232 g/mol. The zero-order valence-corrected chi connectivity index (χ0v) is 10.6. The van der Waals surface area contributed by atoms with Crippen LogP contribution in [-0.2, 0) is 9.59 Å². The van der Waals surface area contributed by atoms with Crippen LogP contribution in [0.25, 0.3) is 17.0 Å². The van der Waals surface area contributed by atoms with E-state index in [9.17, 15) is 9.59 Å². The van der Waals surface area contributed by atoms with E-state index in [-0.39, 0.29) is 40.6 Å². The molecule has 0 saturated carbocycles. The van der Waals surface area contributed by atoms with Crippen molar-refractivity contribution in [3.8, 4) is 0 Å². The molecule has 16 heavy (non-hydrogen) atoms. The first-order valence-corrected chi connectivity index (χ1v) is 4.50. The number of amides is 1. The van der Waals surface area contributed by atoms with Gasteiger partial charge in [-0.15, -0.1) is 0 Å². The molecule has 1 N–H and O–H groups in total. The third kappa shape index (κ3) is 1.63. The van der Waals surface area contributed by atoms with E-state index in [1.165, 1.54) is 6.08 Å². The minimum atomic E-state index is -0.698. The molecule has 1 aromatic heterocycles. The average molecular weight is 240 g/mol. The Bertz CT molecular complexity index is 724. The zero-order chi connectivity index (χ0) is 10.4. The molecule has 0 fully saturated rings. The van der Waals surface area contributed by atoms with E-state index in [1.54, 1.807) is 12.3 Å². The number of carbonyl (C=O) groups excluding carboxylic acids is 2. The minimum Gasteiger partial charge on any atom is -1.00 e. The monoisotopic (exact) mass is 240 g/mol. The summed E-state index contributed by atoms with van der Waals surface area (Å²) in [5.41, 5.74) is 0.910. The summed E-state index contributed by atoms with van der Waals surface area (Å²) in [5, 5.41) is 2.15. The molecule has 0 atom stereocenters. The van der Waals surface area contributed by atoms with Crippen LogP contribution in [0.2, 0.25) is 0 Å². The summed E-state index contributed by atoms with van der Waals surface area (Å²) in [5.74, 6) is -1.26. The quantitative estimate of drug-likeness (QED) is 0.499. The number of fused-ring (bicyclic) bond motifs is 3. The number of nitrogens with one attached hydrogen (secondary N) is 1. The number of hydrogen-bond donors (Lipinski definition) is 1. The van der Waals surface area contributed by atoms with Crippen molar-refractivity contribution in [3.05, 3.63) is 35.0 Å². The molecule has 2 heterocycles. The van der Waals surface area contributed by atoms with Gasteiger partial charge < -0.3 is 7.84 Å². The Morgan fingerprint density at radius 2 is 2.00 bits per heavy atom. The molecule has 0 bridgehead atoms. The van der Waals surface area contributed by atoms with Gasteiger partial charge in [0.1, 0.15) is 0 Å². The fourth-order valence-corrected chi connectivity index (χ4v) is 1.74. The molecule has 76 valence electrons. The van der Waals surface area contributed by atoms with Crippen LogP contribution in [-0.4, -0.2) is 54.4 Å². The van der Waals surface area contributed by atoms with Crippen molar-refractivity contribution < 1.29 is 12.4 Å². The van der Waals surface area contributed by atoms with Crippen LogP contribution in [0, 0.1) is 0 Å². The van der Waals surface area contributed by atoms with E-state index in [2.05, 4.69) is 9.98 Å². The molecule has 0 saturated heterocycles. The number of benzene rings is 1. The van der Waals surface area contributed by atoms with Gasteiger partial charge in [-0.05, 0) is 12.1 Å². The summed E-state index contributed by atoms with van der Waals surface area (Å²) < 4.78 is 0. The third-order valence-electron chi connectivity index (χ3n) is 2.45. The van der Waals surface area contributed by atoms with Gasteiger partial charge in [-0.3, -0.25) is 9.59 Å². The molecule has 0 unspecified atom stereocenters. The van der Waals surface area contributed by atoms with Crippen molar-refractivity contribution >= 4 is 66.4 Å². The van der Waals surface area contributed by atoms with Crippen LogP contribution in [0.4, 0.5) is 0 Å². The maximum Gasteiger partial charge on any atom is 2.00 e. The van der Waals surface area contributed by atoms with Gasteiger partial charge >= 0.3 is 43.6 Å². The van der Waals surface area contributed by atoms with Crippen LogP contribution in [0.5, 0.6) is 0 Å². The molecule has 0 spiro atoms. The van der Waals surface area contributed by atoms with Crippen LogP contribution in [0.15, 0.2) is 29.4 Å². The van der Waals surface area contributed by atoms with E-state index in [0.717, 1.165) is 10.9 Å². The van der Waals surface area contributed by atoms with Gasteiger partial charge in [-0.2, -0.15) is 0 Å². The summed E-state index contributed by atoms with van der Waals surface area (Å²) in [4.78, 5) is 29.1. The van der Waals surface area contributed by atoms with Gasteiger partial charge in [0, 0.05) is 28.4 Å². The summed E-state index contributed by atoms with van der Waals surface area (Å²) in [6.07, 6.45) is 3.11. The van der Waals surface area contributed by atoms with Crippen molar-refractivity contribution in [2.75, 3.05) is 0 Å². The number of Topliss-reactive ketones (excluding diaryl/α,β-unsaturated/α-hetero) is 1. The van der Waals surface area contributed by atoms with Gasteiger partial charge in [0.05, 0.1) is 5.36 Å². The van der Waals surface area contributed by atoms with Gasteiger partial charge in [-0.25, -0.2) is 4.99 Å². The predicted molar refractivity (Wildman–Crippen MR) is 61.5 cm³/mol. The first-order valence-electron chi connectivity index (χ1n) is 4.50. The maximum absolute atomic E-state index is 11.2. The van der Waals surface area contributed by atoms with Crippen molar-refractivity contribution in [1.29, 1.82) is 0 Å². The van der Waals surface area contributed by atoms with Crippen LogP contribution >= 0.6 is 0 Å². The molecule has 1 aliphatic rings. The number of rotatable bonds is 0. The van der Waals surface area contributed by atoms with Crippen molar-refractivity contribution in [3.63, 3.8) is 0 Å². The molecule has 3 rings (SSSR count). The Kier molecular flexibility index (Phi) is 2.97. The van der Waals surface area contributed by atoms with E-state index in [4.69, 9.17) is 0 Å². The smallest absolute Gasteiger partial charge is 1.00 e. The van der Waals surface area contributed by atoms with E-state index in [0.29, 0.717) is 10.6 Å². The Balaban J connectivity index is 0.000000963. The first-order chi connectivity index (χ1) is 7.25. The summed E-state index contributed by atoms with van der Waals surface area (Å²) in [6, 6.07) is 5.49. The number of ketones is 1. The number of H-pyrrole nitrogens is 1. The third-order valence-corrected chi connectivity index (χ3v) is 2.45. The average Bonchev–Trinajstić information content (AvgIpc) is 2.68. The fraction of sp³-hybridized carbons (Fsp3) is 0. The summed E-state index contributed by atoms with van der Waals surface area (Å²) >= 11 is 0. The zero-order valence-electron chi connectivity index (χ0n) is 10.4. The molecule has 1 aromatic carbocycles. The molecule has 0 radical (unpaired) electrons. The standard InChI is InChI=1S/C11H6N2O2.Ca.2H/c14-9-5-6-1-2-8-7(3-4-12-8)10(6)13-11(9)15;;;/h1-5,12H;;;/q;+2;2*-1. The molecule has 0 aliphatic carbocycles. The van der Waals surface area contributed by atoms with Gasteiger partial charge in [0.2, 0.25) is 5.78 Å². The van der Waals surface area contributed by atoms with Crippen LogP contribution < -0.4 is 10.6 Å². The number of aromatic nitrogens is 1. The Hall–Kier alpha value is -0.970. The Morgan fingerprint density at radius 1 is 1.19 bits per heavy atom. The molecular formula is C11H8CaN2O2. The molecule has 4 nitrogen and oxygen atoms in total. The number of carbonyl (C=O) groups is 2. The van der Waals surface area contributed by atoms with Crippen LogP contribution in [0.3, 0.4) is 0 Å². The second-order valence-corrected chi connectivity index (χ2v) is 3.37. The molecule has 5 heteroatoms. The van der Waals surface area contributed by atoms with E-state index < -0.39 is 11.7 Å². The summed E-state index contributed by atoms with van der Waals surface area (Å²) in [7, 11) is 0. The number of hydrogen-bond acceptors (Lipinski definition) is 2. The molecule has 1 aliphatic heterocycles. The van der Waals surface area contributed by atoms with Crippen molar-refractivity contribution in [2.45, 2.75) is 0 Å². The number of aromatic amines is 1. The number of nitrogens with zero attached hydrogens (tertiary/aromatic N) is 1. The van der Waals surface area contributed by atoms with E-state index >= 15 is 0 Å². The normalized spacial score (nSPS) is 13.8. The second kappa shape index (κ2) is 4.12. The fourth-order valence-electron chi connectivity index (χ4n) is 1.74. The predicted octanol–water partition coefficient (Wildman–Crippen LogP) is -0.478. The van der Waals surface area contributed by atoms with Gasteiger partial charge in [-0.1, -0.05) is 6.07 Å². The Morgan fingerprint density at radius 3 is 2.81 bits per heavy atom. The van der Waals surface area contributed by atoms with Crippen molar-refractivity contribution in [2.24, 2.45) is 4.99 Å². The molecule has 1 amide bonds. The SMILES string of the molecule is O=C1C=c2ccc3[nH]ccc3c2=NC1=O.[Ca+2].[H-].[H-]. The van der Waals surface area contributed by atoms with Crippen LogP contribution in [0.1, 0.15) is 2.85 Å². The maximum atomic E-state index is 11.2. The van der Waals surface area contributed by atoms with Crippen molar-refractivity contribution in [1.82, 2.24) is 4.98 Å². The Labute approximate surface area is 123 Å². The van der Waals surface area contributed by atoms with Gasteiger partial charge in [0.25, 0.3) is 0 Å².